The summed E-state index contributed by atoms with van der Waals surface area (Å²) < 4.78 is 12.8. The fourth-order valence-electron chi connectivity index (χ4n) is 4.64. The first-order valence-corrected chi connectivity index (χ1v) is 13.9. The third-order valence-corrected chi connectivity index (χ3v) is 7.76. The van der Waals surface area contributed by atoms with Crippen LogP contribution in [0.1, 0.15) is 37.0 Å². The normalized spacial score (nSPS) is 15.4. The molecule has 1 aromatic heterocycles. The van der Waals surface area contributed by atoms with Crippen LogP contribution in [0.2, 0.25) is 0 Å². The van der Waals surface area contributed by atoms with Gasteiger partial charge in [-0.15, -0.1) is 10.2 Å². The van der Waals surface area contributed by atoms with Crippen molar-refractivity contribution in [2.45, 2.75) is 44.4 Å². The minimum Gasteiger partial charge on any atom is -0.497 e. The first kappa shape index (κ1) is 27.5. The molecule has 4 rings (SSSR count). The zero-order valence-electron chi connectivity index (χ0n) is 22.4. The monoisotopic (exact) mass is 537 g/mol. The molecule has 38 heavy (non-hydrogen) atoms. The van der Waals surface area contributed by atoms with Crippen LogP contribution < -0.4 is 9.47 Å². The van der Waals surface area contributed by atoms with Crippen molar-refractivity contribution in [2.75, 3.05) is 39.6 Å². The maximum Gasteiger partial charge on any atom is 0.257 e. The van der Waals surface area contributed by atoms with E-state index in [-0.39, 0.29) is 17.9 Å². The van der Waals surface area contributed by atoms with E-state index in [1.54, 1.807) is 37.1 Å². The Balaban J connectivity index is 1.27. The molecule has 1 saturated heterocycles. The number of hydrogen-bond donors (Lipinski definition) is 0. The van der Waals surface area contributed by atoms with Gasteiger partial charge in [-0.1, -0.05) is 42.1 Å². The number of benzene rings is 2. The van der Waals surface area contributed by atoms with Crippen LogP contribution in [-0.2, 0) is 11.3 Å². The molecule has 1 unspecified atom stereocenters. The average molecular weight is 538 g/mol. The van der Waals surface area contributed by atoms with E-state index in [1.807, 2.05) is 47.1 Å². The van der Waals surface area contributed by atoms with Gasteiger partial charge >= 0.3 is 0 Å². The summed E-state index contributed by atoms with van der Waals surface area (Å²) in [5, 5.41) is 9.63. The number of amides is 2. The zero-order chi connectivity index (χ0) is 27.1. The minimum atomic E-state index is -0.101. The summed E-state index contributed by atoms with van der Waals surface area (Å²) in [6.45, 7) is 6.36. The Bertz CT molecular complexity index is 1250. The van der Waals surface area contributed by atoms with E-state index in [9.17, 15) is 9.59 Å². The molecule has 0 saturated carbocycles. The van der Waals surface area contributed by atoms with Gasteiger partial charge in [0.2, 0.25) is 5.91 Å². The van der Waals surface area contributed by atoms with Crippen molar-refractivity contribution >= 4 is 23.6 Å². The molecule has 0 N–H and O–H groups in total. The van der Waals surface area contributed by atoms with Crippen LogP contribution in [0.5, 0.6) is 11.5 Å². The lowest BCUT2D eigenvalue weighted by molar-refractivity contribution is -0.133. The number of piperazine rings is 1. The summed E-state index contributed by atoms with van der Waals surface area (Å²) in [6, 6.07) is 15.1. The Morgan fingerprint density at radius 2 is 1.84 bits per heavy atom. The van der Waals surface area contributed by atoms with Gasteiger partial charge < -0.3 is 23.8 Å². The molecule has 9 nitrogen and oxygen atoms in total. The van der Waals surface area contributed by atoms with Gasteiger partial charge in [0.1, 0.15) is 11.5 Å². The number of carbonyl (C=O) groups is 2. The quantitative estimate of drug-likeness (QED) is 0.282. The molecule has 1 aliphatic heterocycles. The number of nitrogens with zero attached hydrogens (tertiary/aromatic N) is 5. The average Bonchev–Trinajstić information content (AvgIpc) is 3.37. The summed E-state index contributed by atoms with van der Waals surface area (Å²) in [5.74, 6) is 2.77. The number of hydrogen-bond acceptors (Lipinski definition) is 7. The highest BCUT2D eigenvalue weighted by atomic mass is 32.2. The van der Waals surface area contributed by atoms with Crippen LogP contribution in [0.3, 0.4) is 0 Å². The Morgan fingerprint density at radius 1 is 1.05 bits per heavy atom. The molecule has 1 aliphatic rings. The number of thioether (sulfide) groups is 1. The fourth-order valence-corrected chi connectivity index (χ4v) is 5.58. The largest absolute Gasteiger partial charge is 0.497 e. The van der Waals surface area contributed by atoms with E-state index < -0.39 is 0 Å². The van der Waals surface area contributed by atoms with Gasteiger partial charge in [-0.2, -0.15) is 0 Å². The molecule has 10 heteroatoms. The maximum atomic E-state index is 13.2. The van der Waals surface area contributed by atoms with Crippen molar-refractivity contribution in [2.24, 2.45) is 0 Å². The molecule has 0 radical (unpaired) electrons. The van der Waals surface area contributed by atoms with E-state index >= 15 is 0 Å². The van der Waals surface area contributed by atoms with Crippen LogP contribution in [0, 0.1) is 0 Å². The van der Waals surface area contributed by atoms with Gasteiger partial charge in [0.05, 0.1) is 19.8 Å². The Morgan fingerprint density at radius 3 is 2.53 bits per heavy atom. The maximum absolute atomic E-state index is 13.2. The molecular weight excluding hydrogens is 502 g/mol. The Kier molecular flexibility index (Phi) is 9.28. The molecule has 0 bridgehead atoms. The van der Waals surface area contributed by atoms with E-state index in [2.05, 4.69) is 21.7 Å². The third-order valence-electron chi connectivity index (χ3n) is 6.71. The standard InChI is InChI=1S/C28H35N5O4S/c1-5-32-26(21-10-7-6-8-11-21)29-30-28(32)38-17-9-12-25(34)31-15-16-33(20(2)19-31)27(35)23-14-13-22(36-3)18-24(23)37-4/h6-8,10-11,13-14,18,20H,5,9,12,15-17,19H2,1-4H3. The Hall–Kier alpha value is -3.53. The third kappa shape index (κ3) is 6.12. The number of rotatable bonds is 10. The van der Waals surface area contributed by atoms with E-state index in [0.29, 0.717) is 43.1 Å². The van der Waals surface area contributed by atoms with Crippen LogP contribution in [-0.4, -0.2) is 82.0 Å². The second kappa shape index (κ2) is 12.8. The molecule has 1 fully saturated rings. The highest BCUT2D eigenvalue weighted by molar-refractivity contribution is 7.99. The van der Waals surface area contributed by atoms with Gasteiger partial charge in [0, 0.05) is 56.0 Å². The van der Waals surface area contributed by atoms with Crippen molar-refractivity contribution in [3.63, 3.8) is 0 Å². The van der Waals surface area contributed by atoms with Gasteiger partial charge in [-0.25, -0.2) is 0 Å². The van der Waals surface area contributed by atoms with Crippen LogP contribution in [0.15, 0.2) is 53.7 Å². The van der Waals surface area contributed by atoms with Crippen molar-refractivity contribution in [1.29, 1.82) is 0 Å². The topological polar surface area (TPSA) is 89.8 Å². The number of aromatic nitrogens is 3. The fraction of sp³-hybridized carbons (Fsp3) is 0.429. The summed E-state index contributed by atoms with van der Waals surface area (Å²) in [6.07, 6.45) is 1.21. The predicted molar refractivity (Wildman–Crippen MR) is 148 cm³/mol. The van der Waals surface area contributed by atoms with Crippen molar-refractivity contribution in [3.05, 3.63) is 54.1 Å². The van der Waals surface area contributed by atoms with Crippen molar-refractivity contribution < 1.29 is 19.1 Å². The number of methoxy groups -OCH3 is 2. The second-order valence-corrected chi connectivity index (χ2v) is 10.2. The molecule has 2 aromatic carbocycles. The molecule has 3 aromatic rings. The van der Waals surface area contributed by atoms with E-state index in [1.165, 1.54) is 7.11 Å². The summed E-state index contributed by atoms with van der Waals surface area (Å²) in [7, 11) is 3.12. The van der Waals surface area contributed by atoms with Gasteiger partial charge in [0.15, 0.2) is 11.0 Å². The number of carbonyl (C=O) groups excluding carboxylic acids is 2. The van der Waals surface area contributed by atoms with E-state index in [4.69, 9.17) is 9.47 Å². The Labute approximate surface area is 228 Å². The second-order valence-electron chi connectivity index (χ2n) is 9.12. The van der Waals surface area contributed by atoms with Gasteiger partial charge in [-0.05, 0) is 32.4 Å². The molecule has 0 spiro atoms. The van der Waals surface area contributed by atoms with E-state index in [0.717, 1.165) is 35.3 Å². The lowest BCUT2D eigenvalue weighted by Gasteiger charge is -2.40. The zero-order valence-corrected chi connectivity index (χ0v) is 23.2. The highest BCUT2D eigenvalue weighted by Crippen LogP contribution is 2.28. The van der Waals surface area contributed by atoms with Gasteiger partial charge in [-0.3, -0.25) is 9.59 Å². The first-order valence-electron chi connectivity index (χ1n) is 12.9. The van der Waals surface area contributed by atoms with Crippen LogP contribution in [0.25, 0.3) is 11.4 Å². The van der Waals surface area contributed by atoms with Crippen molar-refractivity contribution in [3.8, 4) is 22.9 Å². The number of ether oxygens (including phenoxy) is 2. The lowest BCUT2D eigenvalue weighted by atomic mass is 10.1. The molecule has 2 heterocycles. The smallest absolute Gasteiger partial charge is 0.257 e. The lowest BCUT2D eigenvalue weighted by Crippen LogP contribution is -2.55. The summed E-state index contributed by atoms with van der Waals surface area (Å²) >= 11 is 1.63. The predicted octanol–water partition coefficient (Wildman–Crippen LogP) is 4.23. The van der Waals surface area contributed by atoms with Gasteiger partial charge in [0.25, 0.3) is 5.91 Å². The molecule has 1 atom stereocenters. The van der Waals surface area contributed by atoms with Crippen molar-refractivity contribution in [1.82, 2.24) is 24.6 Å². The SMILES string of the molecule is CCn1c(SCCCC(=O)N2CCN(C(=O)c3ccc(OC)cc3OC)C(C)C2)nnc1-c1ccccc1. The van der Waals surface area contributed by atoms with Crippen LogP contribution >= 0.6 is 11.8 Å². The molecule has 202 valence electrons. The van der Waals surface area contributed by atoms with Crippen LogP contribution in [0.4, 0.5) is 0 Å². The molecule has 2 amide bonds. The summed E-state index contributed by atoms with van der Waals surface area (Å²) in [5.41, 5.74) is 1.54. The minimum absolute atomic E-state index is 0.0964. The highest BCUT2D eigenvalue weighted by Gasteiger charge is 2.31. The first-order chi connectivity index (χ1) is 18.5. The summed E-state index contributed by atoms with van der Waals surface area (Å²) in [4.78, 5) is 29.9. The molecular formula is C28H35N5O4S. The molecule has 0 aliphatic carbocycles.